The third kappa shape index (κ3) is 4.97. The number of piperazine rings is 1. The zero-order chi connectivity index (χ0) is 26.1. The normalized spacial score (nSPS) is 14.1. The second kappa shape index (κ2) is 10.4. The molecule has 1 saturated heterocycles. The maximum absolute atomic E-state index is 12.1. The van der Waals surface area contributed by atoms with Crippen LogP contribution in [0, 0.1) is 6.92 Å². The maximum atomic E-state index is 12.1. The van der Waals surface area contributed by atoms with Crippen molar-refractivity contribution in [2.45, 2.75) is 6.92 Å². The Balaban J connectivity index is 1.60. The molecule has 1 aliphatic rings. The van der Waals surface area contributed by atoms with Gasteiger partial charge in [0.1, 0.15) is 12.4 Å². The summed E-state index contributed by atoms with van der Waals surface area (Å²) >= 11 is 6.92. The van der Waals surface area contributed by atoms with Gasteiger partial charge in [-0.25, -0.2) is 0 Å². The van der Waals surface area contributed by atoms with E-state index < -0.39 is 0 Å². The summed E-state index contributed by atoms with van der Waals surface area (Å²) in [6.07, 6.45) is 3.18. The number of carbonyl (C=O) groups is 1. The molecule has 1 fully saturated rings. The highest BCUT2D eigenvalue weighted by Crippen LogP contribution is 2.39. The van der Waals surface area contributed by atoms with Crippen LogP contribution < -0.4 is 9.64 Å². The van der Waals surface area contributed by atoms with E-state index in [-0.39, 0.29) is 5.91 Å². The fourth-order valence-corrected chi connectivity index (χ4v) is 4.94. The summed E-state index contributed by atoms with van der Waals surface area (Å²) in [5, 5.41) is 9.71. The van der Waals surface area contributed by atoms with E-state index in [1.807, 2.05) is 43.4 Å². The van der Waals surface area contributed by atoms with Crippen LogP contribution in [0.1, 0.15) is 5.56 Å². The van der Waals surface area contributed by atoms with Gasteiger partial charge in [0.2, 0.25) is 5.91 Å². The summed E-state index contributed by atoms with van der Waals surface area (Å²) in [5.41, 5.74) is 4.68. The Hall–Kier alpha value is -3.69. The number of ether oxygens (including phenoxy) is 1. The quantitative estimate of drug-likeness (QED) is 0.370. The predicted octanol–water partition coefficient (Wildman–Crippen LogP) is 3.91. The average Bonchev–Trinajstić information content (AvgIpc) is 3.37. The standard InChI is InChI=1S/C27H30ClN7O2/c1-5-24(36)34-8-10-35(11-9-34)26-19-14-21(28)18(25-17(2)6-7-22-20(25)16-29-32-22)15-23(19)30-27(31-26)37-13-12-33(3)4/h5-7,14-16H,1,8-13H2,2-4H3,(H,29,32). The van der Waals surface area contributed by atoms with Gasteiger partial charge in [0.25, 0.3) is 0 Å². The molecule has 3 heterocycles. The highest BCUT2D eigenvalue weighted by Gasteiger charge is 2.24. The highest BCUT2D eigenvalue weighted by atomic mass is 35.5. The molecule has 9 nitrogen and oxygen atoms in total. The number of benzene rings is 2. The van der Waals surface area contributed by atoms with Gasteiger partial charge in [-0.3, -0.25) is 9.89 Å². The molecular weight excluding hydrogens is 490 g/mol. The number of halogens is 1. The molecule has 10 heteroatoms. The molecule has 0 bridgehead atoms. The number of aryl methyl sites for hydroxylation is 1. The van der Waals surface area contributed by atoms with Crippen molar-refractivity contribution < 1.29 is 9.53 Å². The van der Waals surface area contributed by atoms with Crippen molar-refractivity contribution in [1.29, 1.82) is 0 Å². The summed E-state index contributed by atoms with van der Waals surface area (Å²) in [5.74, 6) is 0.693. The summed E-state index contributed by atoms with van der Waals surface area (Å²) < 4.78 is 5.97. The lowest BCUT2D eigenvalue weighted by Gasteiger charge is -2.35. The number of likely N-dealkylation sites (N-methyl/N-ethyl adjacent to an activating group) is 1. The molecular formula is C27H30ClN7O2. The van der Waals surface area contributed by atoms with Gasteiger partial charge in [-0.2, -0.15) is 15.1 Å². The van der Waals surface area contributed by atoms with Crippen LogP contribution in [0.3, 0.4) is 0 Å². The van der Waals surface area contributed by atoms with E-state index in [2.05, 4.69) is 34.7 Å². The van der Waals surface area contributed by atoms with Gasteiger partial charge in [-0.15, -0.1) is 0 Å². The van der Waals surface area contributed by atoms with Gasteiger partial charge >= 0.3 is 6.01 Å². The van der Waals surface area contributed by atoms with Gasteiger partial charge in [-0.1, -0.05) is 24.2 Å². The molecule has 37 heavy (non-hydrogen) atoms. The minimum absolute atomic E-state index is 0.0589. The number of hydrogen-bond donors (Lipinski definition) is 1. The Morgan fingerprint density at radius 2 is 1.97 bits per heavy atom. The van der Waals surface area contributed by atoms with Crippen LogP contribution in [0.15, 0.2) is 43.1 Å². The van der Waals surface area contributed by atoms with Gasteiger partial charge in [-0.05, 0) is 56.4 Å². The highest BCUT2D eigenvalue weighted by molar-refractivity contribution is 6.35. The summed E-state index contributed by atoms with van der Waals surface area (Å²) in [6, 6.07) is 8.34. The van der Waals surface area contributed by atoms with Crippen LogP contribution in [-0.2, 0) is 4.79 Å². The number of hydrogen-bond acceptors (Lipinski definition) is 7. The van der Waals surface area contributed by atoms with Crippen LogP contribution in [0.5, 0.6) is 6.01 Å². The number of amides is 1. The monoisotopic (exact) mass is 519 g/mol. The van der Waals surface area contributed by atoms with E-state index in [9.17, 15) is 4.79 Å². The molecule has 4 aromatic rings. The Labute approximate surface area is 220 Å². The van der Waals surface area contributed by atoms with Crippen LogP contribution in [0.4, 0.5) is 5.82 Å². The number of nitrogens with zero attached hydrogens (tertiary/aromatic N) is 6. The first-order valence-electron chi connectivity index (χ1n) is 12.2. The molecule has 5 rings (SSSR count). The maximum Gasteiger partial charge on any atom is 0.318 e. The summed E-state index contributed by atoms with van der Waals surface area (Å²) in [7, 11) is 3.99. The van der Waals surface area contributed by atoms with E-state index in [4.69, 9.17) is 26.3 Å². The summed E-state index contributed by atoms with van der Waals surface area (Å²) in [4.78, 5) is 27.6. The molecule has 0 atom stereocenters. The number of nitrogens with one attached hydrogen (secondary N) is 1. The van der Waals surface area contributed by atoms with Gasteiger partial charge in [0.05, 0.1) is 17.2 Å². The fraction of sp³-hybridized carbons (Fsp3) is 0.333. The number of anilines is 1. The van der Waals surface area contributed by atoms with E-state index in [0.717, 1.165) is 50.9 Å². The van der Waals surface area contributed by atoms with Crippen LogP contribution >= 0.6 is 11.6 Å². The molecule has 1 aliphatic heterocycles. The molecule has 0 radical (unpaired) electrons. The van der Waals surface area contributed by atoms with Crippen molar-refractivity contribution >= 4 is 45.1 Å². The second-order valence-corrected chi connectivity index (χ2v) is 9.84. The molecule has 0 unspecified atom stereocenters. The molecule has 0 saturated carbocycles. The lowest BCUT2D eigenvalue weighted by atomic mass is 9.96. The SMILES string of the molecule is C=CC(=O)N1CCN(c2nc(OCCN(C)C)nc3cc(-c4c(C)ccc5[nH]ncc45)c(Cl)cc23)CC1. The average molecular weight is 520 g/mol. The predicted molar refractivity (Wildman–Crippen MR) is 147 cm³/mol. The van der Waals surface area contributed by atoms with Crippen molar-refractivity contribution in [3.8, 4) is 17.1 Å². The van der Waals surface area contributed by atoms with Crippen molar-refractivity contribution in [3.05, 3.63) is 53.7 Å². The van der Waals surface area contributed by atoms with Crippen molar-refractivity contribution in [3.63, 3.8) is 0 Å². The molecule has 0 aliphatic carbocycles. The third-order valence-electron chi connectivity index (χ3n) is 6.68. The van der Waals surface area contributed by atoms with Crippen LogP contribution in [0.25, 0.3) is 32.9 Å². The molecule has 2 aromatic carbocycles. The second-order valence-electron chi connectivity index (χ2n) is 9.44. The van der Waals surface area contributed by atoms with Crippen molar-refractivity contribution in [1.82, 2.24) is 30.0 Å². The largest absolute Gasteiger partial charge is 0.462 e. The van der Waals surface area contributed by atoms with E-state index >= 15 is 0 Å². The lowest BCUT2D eigenvalue weighted by Crippen LogP contribution is -2.48. The first-order chi connectivity index (χ1) is 17.9. The molecule has 192 valence electrons. The number of carbonyl (C=O) groups excluding carboxylic acids is 1. The first-order valence-corrected chi connectivity index (χ1v) is 12.6. The van der Waals surface area contributed by atoms with Gasteiger partial charge < -0.3 is 19.4 Å². The Bertz CT molecular complexity index is 1470. The summed E-state index contributed by atoms with van der Waals surface area (Å²) in [6.45, 7) is 9.31. The van der Waals surface area contributed by atoms with Crippen molar-refractivity contribution in [2.24, 2.45) is 0 Å². The van der Waals surface area contributed by atoms with E-state index in [1.165, 1.54) is 6.08 Å². The fourth-order valence-electron chi connectivity index (χ4n) is 4.68. The van der Waals surface area contributed by atoms with Crippen LogP contribution in [0.2, 0.25) is 5.02 Å². The van der Waals surface area contributed by atoms with Crippen LogP contribution in [-0.4, -0.2) is 89.3 Å². The molecule has 2 aromatic heterocycles. The minimum atomic E-state index is -0.0589. The Kier molecular flexibility index (Phi) is 6.99. The zero-order valence-electron chi connectivity index (χ0n) is 21.3. The topological polar surface area (TPSA) is 90.5 Å². The number of fused-ring (bicyclic) bond motifs is 2. The van der Waals surface area contributed by atoms with Gasteiger partial charge in [0.15, 0.2) is 0 Å². The molecule has 1 N–H and O–H groups in total. The smallest absolute Gasteiger partial charge is 0.318 e. The number of H-pyrrole nitrogens is 1. The number of aromatic nitrogens is 4. The molecule has 1 amide bonds. The third-order valence-corrected chi connectivity index (χ3v) is 6.99. The molecule has 0 spiro atoms. The Morgan fingerprint density at radius 1 is 1.19 bits per heavy atom. The first kappa shape index (κ1) is 25.0. The van der Waals surface area contributed by atoms with E-state index in [1.54, 1.807) is 4.90 Å². The van der Waals surface area contributed by atoms with Gasteiger partial charge in [0, 0.05) is 54.1 Å². The zero-order valence-corrected chi connectivity index (χ0v) is 22.0. The van der Waals surface area contributed by atoms with E-state index in [0.29, 0.717) is 43.8 Å². The van der Waals surface area contributed by atoms with Crippen molar-refractivity contribution in [2.75, 3.05) is 58.3 Å². The minimum Gasteiger partial charge on any atom is -0.462 e. The number of rotatable bonds is 7. The lowest BCUT2D eigenvalue weighted by molar-refractivity contribution is -0.126. The Morgan fingerprint density at radius 3 is 2.70 bits per heavy atom. The number of aromatic amines is 1.